The number of fused-ring (bicyclic) bond motifs is 2. The summed E-state index contributed by atoms with van der Waals surface area (Å²) in [6, 6.07) is 1.71. The standard InChI is InChI=1S/C22H29N3O3S/c1-21(12-16-4-9-25(10-5-16)18(26)17-6-11-28-14-17)19(27)23-20(29-21)24-22-7-2-15(13-22)3-8-22/h6,11,14-16H,2-5,7-10,12-13H2,1H3,(H,23,24,27). The molecule has 3 heterocycles. The van der Waals surface area contributed by atoms with E-state index in [0.717, 1.165) is 43.4 Å². The number of nitrogens with zero attached hydrogens (tertiary/aromatic N) is 2. The topological polar surface area (TPSA) is 74.9 Å². The number of carbonyl (C=O) groups is 2. The highest BCUT2D eigenvalue weighted by Gasteiger charge is 2.48. The summed E-state index contributed by atoms with van der Waals surface area (Å²) in [5.74, 6) is 1.44. The molecule has 6 nitrogen and oxygen atoms in total. The second-order valence-corrected chi connectivity index (χ2v) is 11.0. The van der Waals surface area contributed by atoms with Crippen LogP contribution in [0.15, 0.2) is 28.0 Å². The van der Waals surface area contributed by atoms with Gasteiger partial charge >= 0.3 is 0 Å². The van der Waals surface area contributed by atoms with Crippen LogP contribution in [0, 0.1) is 11.8 Å². The van der Waals surface area contributed by atoms with E-state index in [1.807, 2.05) is 4.90 Å². The van der Waals surface area contributed by atoms with Crippen molar-refractivity contribution >= 4 is 28.7 Å². The van der Waals surface area contributed by atoms with Gasteiger partial charge in [0.05, 0.1) is 22.1 Å². The third-order valence-electron chi connectivity index (χ3n) is 7.41. The van der Waals surface area contributed by atoms with Crippen LogP contribution in [0.3, 0.4) is 0 Å². The lowest BCUT2D eigenvalue weighted by Gasteiger charge is -2.34. The molecule has 2 saturated heterocycles. The van der Waals surface area contributed by atoms with Crippen LogP contribution in [0.5, 0.6) is 0 Å². The van der Waals surface area contributed by atoms with Crippen LogP contribution in [0.2, 0.25) is 0 Å². The van der Waals surface area contributed by atoms with E-state index < -0.39 is 4.75 Å². The molecule has 1 aromatic rings. The third kappa shape index (κ3) is 3.62. The molecule has 2 aliphatic heterocycles. The van der Waals surface area contributed by atoms with E-state index in [9.17, 15) is 9.59 Å². The molecule has 0 spiro atoms. The van der Waals surface area contributed by atoms with Crippen molar-refractivity contribution in [3.8, 4) is 0 Å². The number of amidine groups is 1. The second kappa shape index (κ2) is 7.18. The number of aliphatic imine (C=N–C) groups is 1. The first-order valence-corrected chi connectivity index (χ1v) is 11.7. The molecule has 2 amide bonds. The fourth-order valence-corrected chi connectivity index (χ4v) is 6.97. The zero-order chi connectivity index (χ0) is 20.1. The van der Waals surface area contributed by atoms with Crippen LogP contribution in [0.25, 0.3) is 0 Å². The number of rotatable bonds is 4. The Morgan fingerprint density at radius 2 is 2.07 bits per heavy atom. The van der Waals surface area contributed by atoms with E-state index in [2.05, 4.69) is 12.2 Å². The molecule has 2 aliphatic carbocycles. The van der Waals surface area contributed by atoms with Gasteiger partial charge in [0.2, 0.25) is 5.91 Å². The zero-order valence-corrected chi connectivity index (χ0v) is 17.8. The molecule has 2 saturated carbocycles. The summed E-state index contributed by atoms with van der Waals surface area (Å²) >= 11 is 1.64. The molecule has 0 aromatic carbocycles. The van der Waals surface area contributed by atoms with Gasteiger partial charge in [-0.1, -0.05) is 11.8 Å². The van der Waals surface area contributed by atoms with Crippen molar-refractivity contribution in [3.63, 3.8) is 0 Å². The minimum absolute atomic E-state index is 0.0384. The molecule has 156 valence electrons. The van der Waals surface area contributed by atoms with E-state index in [4.69, 9.17) is 9.41 Å². The Hall–Kier alpha value is -1.76. The van der Waals surface area contributed by atoms with Gasteiger partial charge in [-0.15, -0.1) is 0 Å². The molecule has 1 atom stereocenters. The lowest BCUT2D eigenvalue weighted by atomic mass is 9.87. The van der Waals surface area contributed by atoms with Crippen molar-refractivity contribution in [2.24, 2.45) is 16.8 Å². The van der Waals surface area contributed by atoms with Crippen LogP contribution in [-0.2, 0) is 4.79 Å². The maximum absolute atomic E-state index is 12.8. The molecule has 0 radical (unpaired) electrons. The normalized spacial score (nSPS) is 36.2. The summed E-state index contributed by atoms with van der Waals surface area (Å²) in [6.07, 6.45) is 11.9. The van der Waals surface area contributed by atoms with Crippen LogP contribution >= 0.6 is 11.8 Å². The Morgan fingerprint density at radius 3 is 2.69 bits per heavy atom. The SMILES string of the molecule is CC1(CC2CCN(C(=O)c3ccoc3)CC2)SC(=NC23CCC(CC2)C3)NC1=O. The first-order valence-electron chi connectivity index (χ1n) is 10.9. The Labute approximate surface area is 175 Å². The Bertz CT molecular complexity index is 820. The largest absolute Gasteiger partial charge is 0.472 e. The molecular formula is C22H29N3O3S. The summed E-state index contributed by atoms with van der Waals surface area (Å²) in [4.78, 5) is 32.2. The fraction of sp³-hybridized carbons (Fsp3) is 0.682. The second-order valence-electron chi connectivity index (χ2n) is 9.53. The molecule has 7 heteroatoms. The summed E-state index contributed by atoms with van der Waals surface area (Å²) in [6.45, 7) is 3.53. The van der Waals surface area contributed by atoms with Gasteiger partial charge < -0.3 is 14.6 Å². The number of carbonyl (C=O) groups excluding carboxylic acids is 2. The number of amides is 2. The highest BCUT2D eigenvalue weighted by atomic mass is 32.2. The van der Waals surface area contributed by atoms with Crippen molar-refractivity contribution in [3.05, 3.63) is 24.2 Å². The van der Waals surface area contributed by atoms with E-state index in [0.29, 0.717) is 11.5 Å². The monoisotopic (exact) mass is 415 g/mol. The highest BCUT2D eigenvalue weighted by molar-refractivity contribution is 8.16. The van der Waals surface area contributed by atoms with Crippen molar-refractivity contribution in [1.29, 1.82) is 0 Å². The first kappa shape index (κ1) is 19.2. The molecule has 1 unspecified atom stereocenters. The summed E-state index contributed by atoms with van der Waals surface area (Å²) in [7, 11) is 0. The van der Waals surface area contributed by atoms with E-state index in [1.165, 1.54) is 44.6 Å². The number of hydrogen-bond acceptors (Lipinski definition) is 5. The van der Waals surface area contributed by atoms with Gasteiger partial charge in [-0.2, -0.15) is 0 Å². The predicted molar refractivity (Wildman–Crippen MR) is 113 cm³/mol. The van der Waals surface area contributed by atoms with Gasteiger partial charge in [0, 0.05) is 13.1 Å². The number of furan rings is 1. The molecule has 1 aromatic heterocycles. The number of hydrogen-bond donors (Lipinski definition) is 1. The molecule has 1 N–H and O–H groups in total. The predicted octanol–water partition coefficient (Wildman–Crippen LogP) is 3.83. The lowest BCUT2D eigenvalue weighted by molar-refractivity contribution is -0.121. The Kier molecular flexibility index (Phi) is 4.76. The molecule has 5 rings (SSSR count). The number of nitrogens with one attached hydrogen (secondary N) is 1. The van der Waals surface area contributed by atoms with Crippen molar-refractivity contribution in [1.82, 2.24) is 10.2 Å². The number of piperidine rings is 1. The number of thioether (sulfide) groups is 1. The average Bonchev–Trinajstić information content (AvgIpc) is 3.48. The van der Waals surface area contributed by atoms with Gasteiger partial charge in [-0.25, -0.2) is 0 Å². The maximum atomic E-state index is 12.8. The minimum atomic E-state index is -0.451. The third-order valence-corrected chi connectivity index (χ3v) is 8.60. The molecule has 2 bridgehead atoms. The van der Waals surface area contributed by atoms with Gasteiger partial charge in [0.25, 0.3) is 5.91 Å². The first-order chi connectivity index (χ1) is 13.9. The van der Waals surface area contributed by atoms with Crippen LogP contribution in [0.1, 0.15) is 68.6 Å². The van der Waals surface area contributed by atoms with Gasteiger partial charge in [0.1, 0.15) is 6.26 Å². The van der Waals surface area contributed by atoms with Gasteiger partial charge in [-0.3, -0.25) is 14.6 Å². The summed E-state index contributed by atoms with van der Waals surface area (Å²) in [5.41, 5.74) is 0.715. The maximum Gasteiger partial charge on any atom is 0.257 e. The Morgan fingerprint density at radius 1 is 1.31 bits per heavy atom. The summed E-state index contributed by atoms with van der Waals surface area (Å²) < 4.78 is 4.58. The smallest absolute Gasteiger partial charge is 0.257 e. The summed E-state index contributed by atoms with van der Waals surface area (Å²) in [5, 5.41) is 3.92. The Balaban J connectivity index is 1.19. The quantitative estimate of drug-likeness (QED) is 0.811. The average molecular weight is 416 g/mol. The fourth-order valence-electron chi connectivity index (χ4n) is 5.69. The zero-order valence-electron chi connectivity index (χ0n) is 17.0. The van der Waals surface area contributed by atoms with Crippen molar-refractivity contribution in [2.75, 3.05) is 13.1 Å². The van der Waals surface area contributed by atoms with Crippen molar-refractivity contribution in [2.45, 2.75) is 68.6 Å². The van der Waals surface area contributed by atoms with Crippen LogP contribution in [0.4, 0.5) is 0 Å². The van der Waals surface area contributed by atoms with E-state index >= 15 is 0 Å². The molecule has 29 heavy (non-hydrogen) atoms. The van der Waals surface area contributed by atoms with Crippen molar-refractivity contribution < 1.29 is 14.0 Å². The van der Waals surface area contributed by atoms with Gasteiger partial charge in [-0.05, 0) is 76.2 Å². The lowest BCUT2D eigenvalue weighted by Crippen LogP contribution is -2.41. The minimum Gasteiger partial charge on any atom is -0.472 e. The highest BCUT2D eigenvalue weighted by Crippen LogP contribution is 2.51. The van der Waals surface area contributed by atoms with Gasteiger partial charge in [0.15, 0.2) is 5.17 Å². The van der Waals surface area contributed by atoms with Crippen LogP contribution in [-0.4, -0.2) is 45.3 Å². The van der Waals surface area contributed by atoms with Crippen LogP contribution < -0.4 is 5.32 Å². The molecule has 4 aliphatic rings. The van der Waals surface area contributed by atoms with E-state index in [1.54, 1.807) is 17.8 Å². The number of likely N-dealkylation sites (tertiary alicyclic amines) is 1. The molecule has 4 fully saturated rings. The molecular weight excluding hydrogens is 386 g/mol. The van der Waals surface area contributed by atoms with E-state index in [-0.39, 0.29) is 17.4 Å².